The maximum absolute atomic E-state index is 5.88. The highest BCUT2D eigenvalue weighted by atomic mass is 16.5. The Morgan fingerprint density at radius 1 is 1.31 bits per heavy atom. The zero-order chi connectivity index (χ0) is 12.0. The maximum Gasteiger partial charge on any atom is 0.147 e. The Morgan fingerprint density at radius 2 is 2.06 bits per heavy atom. The molecule has 0 radical (unpaired) electrons. The molecule has 0 spiro atoms. The molecule has 0 saturated heterocycles. The van der Waals surface area contributed by atoms with Gasteiger partial charge in [0.1, 0.15) is 5.75 Å². The standard InChI is InChI=1S/C12H20N2O2/c1-4-14-11-6-5-10(13)12(16-3)9(11)7-8-15-2/h5-6,14H,4,7-8,13H2,1-3H3. The molecule has 16 heavy (non-hydrogen) atoms. The fraction of sp³-hybridized carbons (Fsp3) is 0.500. The van der Waals surface area contributed by atoms with Gasteiger partial charge in [0.05, 0.1) is 19.4 Å². The molecule has 0 aliphatic carbocycles. The van der Waals surface area contributed by atoms with Crippen LogP contribution < -0.4 is 15.8 Å². The first kappa shape index (κ1) is 12.6. The van der Waals surface area contributed by atoms with E-state index in [1.807, 2.05) is 12.1 Å². The van der Waals surface area contributed by atoms with Gasteiger partial charge in [0, 0.05) is 31.3 Å². The number of nitrogens with one attached hydrogen (secondary N) is 1. The minimum atomic E-state index is 0.651. The van der Waals surface area contributed by atoms with Gasteiger partial charge in [0.25, 0.3) is 0 Å². The Hall–Kier alpha value is -1.42. The van der Waals surface area contributed by atoms with E-state index in [2.05, 4.69) is 12.2 Å². The number of nitrogen functional groups attached to an aromatic ring is 1. The van der Waals surface area contributed by atoms with Gasteiger partial charge in [-0.2, -0.15) is 0 Å². The van der Waals surface area contributed by atoms with Crippen LogP contribution in [0.1, 0.15) is 12.5 Å². The molecule has 0 aliphatic rings. The normalized spacial score (nSPS) is 10.2. The SMILES string of the molecule is CCNc1ccc(N)c(OC)c1CCOC. The fourth-order valence-electron chi connectivity index (χ4n) is 1.70. The van der Waals surface area contributed by atoms with Crippen LogP contribution in [0.3, 0.4) is 0 Å². The van der Waals surface area contributed by atoms with Crippen molar-refractivity contribution in [3.63, 3.8) is 0 Å². The number of rotatable bonds is 6. The topological polar surface area (TPSA) is 56.5 Å². The van der Waals surface area contributed by atoms with Crippen molar-refractivity contribution in [3.8, 4) is 5.75 Å². The molecule has 4 nitrogen and oxygen atoms in total. The van der Waals surface area contributed by atoms with E-state index in [9.17, 15) is 0 Å². The summed E-state index contributed by atoms with van der Waals surface area (Å²) in [6, 6.07) is 3.83. The molecule has 0 fully saturated rings. The molecule has 0 amide bonds. The van der Waals surface area contributed by atoms with E-state index >= 15 is 0 Å². The molecule has 0 atom stereocenters. The second-order valence-corrected chi connectivity index (χ2v) is 3.49. The molecule has 0 unspecified atom stereocenters. The molecule has 3 N–H and O–H groups in total. The van der Waals surface area contributed by atoms with Gasteiger partial charge in [0.2, 0.25) is 0 Å². The Morgan fingerprint density at radius 3 is 2.62 bits per heavy atom. The number of benzene rings is 1. The average Bonchev–Trinajstić information content (AvgIpc) is 2.29. The van der Waals surface area contributed by atoms with Crippen LogP contribution in [0, 0.1) is 0 Å². The summed E-state index contributed by atoms with van der Waals surface area (Å²) < 4.78 is 10.4. The monoisotopic (exact) mass is 224 g/mol. The minimum absolute atomic E-state index is 0.651. The first-order valence-corrected chi connectivity index (χ1v) is 5.42. The fourth-order valence-corrected chi connectivity index (χ4v) is 1.70. The summed E-state index contributed by atoms with van der Waals surface area (Å²) in [6.45, 7) is 3.58. The minimum Gasteiger partial charge on any atom is -0.494 e. The molecule has 0 heterocycles. The Kier molecular flexibility index (Phi) is 4.92. The molecular weight excluding hydrogens is 204 g/mol. The lowest BCUT2D eigenvalue weighted by Crippen LogP contribution is -2.07. The molecule has 1 aromatic rings. The lowest BCUT2D eigenvalue weighted by atomic mass is 10.1. The molecule has 0 aromatic heterocycles. The van der Waals surface area contributed by atoms with Gasteiger partial charge in [-0.25, -0.2) is 0 Å². The number of anilines is 2. The first-order chi connectivity index (χ1) is 7.74. The van der Waals surface area contributed by atoms with Crippen LogP contribution in [-0.2, 0) is 11.2 Å². The summed E-state index contributed by atoms with van der Waals surface area (Å²) in [5, 5.41) is 3.30. The summed E-state index contributed by atoms with van der Waals surface area (Å²) in [4.78, 5) is 0. The van der Waals surface area contributed by atoms with Gasteiger partial charge >= 0.3 is 0 Å². The predicted octanol–water partition coefficient (Wildman–Crippen LogP) is 1.90. The van der Waals surface area contributed by atoms with Crippen molar-refractivity contribution in [2.75, 3.05) is 38.4 Å². The molecule has 1 rings (SSSR count). The second-order valence-electron chi connectivity index (χ2n) is 3.49. The van der Waals surface area contributed by atoms with E-state index < -0.39 is 0 Å². The van der Waals surface area contributed by atoms with Crippen molar-refractivity contribution in [2.24, 2.45) is 0 Å². The highest BCUT2D eigenvalue weighted by Crippen LogP contribution is 2.32. The number of nitrogens with two attached hydrogens (primary N) is 1. The maximum atomic E-state index is 5.88. The number of hydrogen-bond acceptors (Lipinski definition) is 4. The van der Waals surface area contributed by atoms with Crippen molar-refractivity contribution in [2.45, 2.75) is 13.3 Å². The molecule has 1 aromatic carbocycles. The van der Waals surface area contributed by atoms with Crippen LogP contribution in [-0.4, -0.2) is 27.4 Å². The average molecular weight is 224 g/mol. The van der Waals surface area contributed by atoms with Crippen LogP contribution in [0.15, 0.2) is 12.1 Å². The van der Waals surface area contributed by atoms with Crippen molar-refractivity contribution < 1.29 is 9.47 Å². The van der Waals surface area contributed by atoms with E-state index in [1.165, 1.54) is 0 Å². The lowest BCUT2D eigenvalue weighted by Gasteiger charge is -2.16. The Labute approximate surface area is 96.7 Å². The molecule has 0 aliphatic heterocycles. The molecule has 4 heteroatoms. The van der Waals surface area contributed by atoms with Crippen LogP contribution in [0.25, 0.3) is 0 Å². The van der Waals surface area contributed by atoms with E-state index in [0.29, 0.717) is 12.3 Å². The van der Waals surface area contributed by atoms with Gasteiger partial charge < -0.3 is 20.5 Å². The Bertz CT molecular complexity index is 340. The lowest BCUT2D eigenvalue weighted by molar-refractivity contribution is 0.201. The molecule has 0 bridgehead atoms. The van der Waals surface area contributed by atoms with Crippen LogP contribution >= 0.6 is 0 Å². The van der Waals surface area contributed by atoms with Crippen LogP contribution in [0.2, 0.25) is 0 Å². The van der Waals surface area contributed by atoms with E-state index in [1.54, 1.807) is 14.2 Å². The molecule has 90 valence electrons. The summed E-state index contributed by atoms with van der Waals surface area (Å²) in [6.07, 6.45) is 0.785. The first-order valence-electron chi connectivity index (χ1n) is 5.42. The summed E-state index contributed by atoms with van der Waals surface area (Å²) in [5.74, 6) is 0.746. The van der Waals surface area contributed by atoms with E-state index in [4.69, 9.17) is 15.2 Å². The van der Waals surface area contributed by atoms with Crippen molar-refractivity contribution in [1.29, 1.82) is 0 Å². The second kappa shape index (κ2) is 6.23. The quantitative estimate of drug-likeness (QED) is 0.725. The molecular formula is C12H20N2O2. The number of methoxy groups -OCH3 is 2. The van der Waals surface area contributed by atoms with E-state index in [-0.39, 0.29) is 0 Å². The van der Waals surface area contributed by atoms with Crippen molar-refractivity contribution >= 4 is 11.4 Å². The zero-order valence-electron chi connectivity index (χ0n) is 10.2. The summed E-state index contributed by atoms with van der Waals surface area (Å²) in [5.41, 5.74) is 8.67. The smallest absolute Gasteiger partial charge is 0.147 e. The third-order valence-corrected chi connectivity index (χ3v) is 2.42. The zero-order valence-corrected chi connectivity index (χ0v) is 10.2. The third kappa shape index (κ3) is 2.79. The van der Waals surface area contributed by atoms with Crippen molar-refractivity contribution in [3.05, 3.63) is 17.7 Å². The van der Waals surface area contributed by atoms with Gasteiger partial charge in [-0.15, -0.1) is 0 Å². The van der Waals surface area contributed by atoms with Gasteiger partial charge in [-0.3, -0.25) is 0 Å². The molecule has 0 saturated carbocycles. The summed E-state index contributed by atoms with van der Waals surface area (Å²) in [7, 11) is 3.32. The Balaban J connectivity index is 3.07. The van der Waals surface area contributed by atoms with Gasteiger partial charge in [0.15, 0.2) is 0 Å². The summed E-state index contributed by atoms with van der Waals surface area (Å²) >= 11 is 0. The van der Waals surface area contributed by atoms with Crippen LogP contribution in [0.4, 0.5) is 11.4 Å². The van der Waals surface area contributed by atoms with Crippen molar-refractivity contribution in [1.82, 2.24) is 0 Å². The van der Waals surface area contributed by atoms with Gasteiger partial charge in [-0.1, -0.05) is 0 Å². The van der Waals surface area contributed by atoms with Gasteiger partial charge in [-0.05, 0) is 19.1 Å². The predicted molar refractivity (Wildman–Crippen MR) is 67.2 cm³/mol. The number of ether oxygens (including phenoxy) is 2. The van der Waals surface area contributed by atoms with E-state index in [0.717, 1.165) is 30.0 Å². The highest BCUT2D eigenvalue weighted by Gasteiger charge is 2.11. The largest absolute Gasteiger partial charge is 0.494 e. The number of hydrogen-bond donors (Lipinski definition) is 2. The van der Waals surface area contributed by atoms with Crippen LogP contribution in [0.5, 0.6) is 5.75 Å². The highest BCUT2D eigenvalue weighted by molar-refractivity contribution is 5.68. The third-order valence-electron chi connectivity index (χ3n) is 2.42.